The Kier molecular flexibility index (Phi) is 9.83. The number of nitrogens with two attached hydrogens (primary N) is 1. The Hall–Kier alpha value is -1.28. The van der Waals surface area contributed by atoms with E-state index in [1.54, 1.807) is 0 Å². The number of H-pyrrole nitrogens is 1. The first-order valence-electron chi connectivity index (χ1n) is 8.07. The van der Waals surface area contributed by atoms with Gasteiger partial charge in [-0.1, -0.05) is 39.3 Å². The van der Waals surface area contributed by atoms with Gasteiger partial charge in [-0.15, -0.1) is 0 Å². The van der Waals surface area contributed by atoms with E-state index in [-0.39, 0.29) is 0 Å². The van der Waals surface area contributed by atoms with Crippen molar-refractivity contribution in [3.05, 3.63) is 35.5 Å². The number of rotatable bonds is 4. The lowest BCUT2D eigenvalue weighted by atomic mass is 10.1. The molecule has 20 heavy (non-hydrogen) atoms. The van der Waals surface area contributed by atoms with E-state index in [1.807, 2.05) is 27.7 Å². The molecule has 0 atom stereocenters. The van der Waals surface area contributed by atoms with Gasteiger partial charge < -0.3 is 10.3 Å². The van der Waals surface area contributed by atoms with Crippen molar-refractivity contribution in [1.82, 2.24) is 4.98 Å². The highest BCUT2D eigenvalue weighted by molar-refractivity contribution is 5.83. The lowest BCUT2D eigenvalue weighted by Gasteiger charge is -2.04. The summed E-state index contributed by atoms with van der Waals surface area (Å²) >= 11 is 0. The van der Waals surface area contributed by atoms with Crippen LogP contribution in [-0.2, 0) is 6.42 Å². The van der Waals surface area contributed by atoms with Crippen LogP contribution in [0.25, 0.3) is 10.9 Å². The Morgan fingerprint density at radius 3 is 2.35 bits per heavy atom. The molecule has 0 unspecified atom stereocenters. The second kappa shape index (κ2) is 10.5. The topological polar surface area (TPSA) is 32.4 Å². The van der Waals surface area contributed by atoms with Crippen LogP contribution in [0.15, 0.2) is 24.4 Å². The molecule has 0 spiro atoms. The Balaban J connectivity index is 0.000000829. The second-order valence-corrected chi connectivity index (χ2v) is 4.88. The van der Waals surface area contributed by atoms with E-state index >= 15 is 0 Å². The van der Waals surface area contributed by atoms with Gasteiger partial charge in [0.2, 0.25) is 0 Å². The summed E-state index contributed by atoms with van der Waals surface area (Å²) in [6.45, 7) is 15.8. The number of nitrogens with one attached hydrogen (secondary N) is 1. The van der Waals surface area contributed by atoms with Crippen molar-refractivity contribution in [2.75, 3.05) is 6.54 Å². The molecular formula is C18H33N2+. The molecule has 1 aromatic heterocycles. The zero-order valence-corrected chi connectivity index (χ0v) is 14.4. The summed E-state index contributed by atoms with van der Waals surface area (Å²) in [5, 5.41) is 3.77. The first kappa shape index (κ1) is 18.7. The molecular weight excluding hydrogens is 244 g/mol. The van der Waals surface area contributed by atoms with Gasteiger partial charge in [0.25, 0.3) is 0 Å². The van der Waals surface area contributed by atoms with Crippen LogP contribution < -0.4 is 5.32 Å². The highest BCUT2D eigenvalue weighted by Crippen LogP contribution is 2.19. The van der Waals surface area contributed by atoms with Gasteiger partial charge in [0.15, 0.2) is 0 Å². The Bertz CT molecular complexity index is 469. The Labute approximate surface area is 125 Å². The number of aromatic amines is 1. The van der Waals surface area contributed by atoms with Gasteiger partial charge in [-0.25, -0.2) is 0 Å². The lowest BCUT2D eigenvalue weighted by Crippen LogP contribution is -2.88. The third-order valence-corrected chi connectivity index (χ3v) is 2.97. The third-order valence-electron chi connectivity index (χ3n) is 2.97. The molecule has 0 aliphatic carbocycles. The summed E-state index contributed by atoms with van der Waals surface area (Å²) in [6, 6.07) is 7.28. The number of aromatic nitrogens is 1. The minimum absolute atomic E-state index is 0.687. The molecule has 3 N–H and O–H groups in total. The quantitative estimate of drug-likeness (QED) is 0.845. The molecule has 1 aromatic carbocycles. The average Bonchev–Trinajstić information content (AvgIpc) is 2.85. The average molecular weight is 277 g/mol. The molecule has 0 bridgehead atoms. The summed E-state index contributed by atoms with van der Waals surface area (Å²) < 4.78 is 0. The molecule has 0 saturated carbocycles. The SMILES string of the molecule is CC.CC.Cc1ccc2[nH]cc(CC[NH2+]C(C)C)c2c1. The minimum Gasteiger partial charge on any atom is -0.361 e. The Morgan fingerprint density at radius 2 is 1.75 bits per heavy atom. The van der Waals surface area contributed by atoms with Gasteiger partial charge in [-0.05, 0) is 38.5 Å². The number of aryl methyl sites for hydroxylation is 1. The summed E-state index contributed by atoms with van der Waals surface area (Å²) in [6.07, 6.45) is 3.29. The number of hydrogen-bond donors (Lipinski definition) is 2. The largest absolute Gasteiger partial charge is 0.361 e. The maximum atomic E-state index is 3.34. The van der Waals surface area contributed by atoms with Crippen LogP contribution in [0.1, 0.15) is 52.7 Å². The third kappa shape index (κ3) is 5.79. The normalized spacial score (nSPS) is 9.80. The molecule has 0 saturated heterocycles. The zero-order chi connectivity index (χ0) is 15.5. The number of benzene rings is 1. The van der Waals surface area contributed by atoms with Crippen molar-refractivity contribution in [2.45, 2.75) is 60.9 Å². The number of hydrogen-bond acceptors (Lipinski definition) is 0. The molecule has 0 aliphatic rings. The molecule has 114 valence electrons. The summed E-state index contributed by atoms with van der Waals surface area (Å²) in [4.78, 5) is 3.34. The van der Waals surface area contributed by atoms with E-state index in [0.29, 0.717) is 6.04 Å². The van der Waals surface area contributed by atoms with Gasteiger partial charge in [-0.3, -0.25) is 0 Å². The molecule has 0 radical (unpaired) electrons. The van der Waals surface area contributed by atoms with E-state index in [2.05, 4.69) is 55.5 Å². The van der Waals surface area contributed by atoms with Crippen LogP contribution >= 0.6 is 0 Å². The molecule has 0 amide bonds. The minimum atomic E-state index is 0.687. The van der Waals surface area contributed by atoms with E-state index < -0.39 is 0 Å². The Morgan fingerprint density at radius 1 is 1.10 bits per heavy atom. The van der Waals surface area contributed by atoms with Crippen LogP contribution in [0.5, 0.6) is 0 Å². The van der Waals surface area contributed by atoms with Crippen LogP contribution in [0.4, 0.5) is 0 Å². The van der Waals surface area contributed by atoms with Crippen molar-refractivity contribution in [3.8, 4) is 0 Å². The first-order chi connectivity index (χ1) is 9.66. The van der Waals surface area contributed by atoms with Crippen molar-refractivity contribution < 1.29 is 5.32 Å². The first-order valence-corrected chi connectivity index (χ1v) is 8.07. The monoisotopic (exact) mass is 277 g/mol. The number of quaternary nitrogens is 1. The standard InChI is InChI=1S/C14H20N2.2C2H6/c1-10(2)15-7-6-12-9-16-14-5-4-11(3)8-13(12)14;2*1-2/h4-5,8-10,15-16H,6-7H2,1-3H3;2*1-2H3/p+1. The second-order valence-electron chi connectivity index (χ2n) is 4.88. The van der Waals surface area contributed by atoms with E-state index in [1.165, 1.54) is 28.6 Å². The predicted molar refractivity (Wildman–Crippen MR) is 91.4 cm³/mol. The maximum Gasteiger partial charge on any atom is 0.0802 e. The molecule has 2 heteroatoms. The van der Waals surface area contributed by atoms with Gasteiger partial charge in [-0.2, -0.15) is 0 Å². The smallest absolute Gasteiger partial charge is 0.0802 e. The van der Waals surface area contributed by atoms with Crippen molar-refractivity contribution in [2.24, 2.45) is 0 Å². The van der Waals surface area contributed by atoms with Crippen LogP contribution in [0, 0.1) is 6.92 Å². The highest BCUT2D eigenvalue weighted by atomic mass is 14.9. The van der Waals surface area contributed by atoms with Gasteiger partial charge >= 0.3 is 0 Å². The van der Waals surface area contributed by atoms with Crippen molar-refractivity contribution in [1.29, 1.82) is 0 Å². The molecule has 2 nitrogen and oxygen atoms in total. The van der Waals surface area contributed by atoms with Crippen molar-refractivity contribution in [3.63, 3.8) is 0 Å². The van der Waals surface area contributed by atoms with Gasteiger partial charge in [0.05, 0.1) is 12.6 Å². The fourth-order valence-electron chi connectivity index (χ4n) is 2.07. The zero-order valence-electron chi connectivity index (χ0n) is 14.4. The predicted octanol–water partition coefficient (Wildman–Crippen LogP) is 4.04. The van der Waals surface area contributed by atoms with Crippen LogP contribution in [0.2, 0.25) is 0 Å². The fourth-order valence-corrected chi connectivity index (χ4v) is 2.07. The summed E-state index contributed by atoms with van der Waals surface area (Å²) in [7, 11) is 0. The van der Waals surface area contributed by atoms with Crippen molar-refractivity contribution >= 4 is 10.9 Å². The lowest BCUT2D eigenvalue weighted by molar-refractivity contribution is -0.682. The molecule has 0 fully saturated rings. The summed E-state index contributed by atoms with van der Waals surface area (Å²) in [5.74, 6) is 0. The molecule has 2 aromatic rings. The van der Waals surface area contributed by atoms with E-state index in [4.69, 9.17) is 0 Å². The summed E-state index contributed by atoms with van der Waals surface area (Å²) in [5.41, 5.74) is 4.03. The van der Waals surface area contributed by atoms with Crippen LogP contribution in [-0.4, -0.2) is 17.6 Å². The van der Waals surface area contributed by atoms with Gasteiger partial charge in [0.1, 0.15) is 0 Å². The molecule has 2 rings (SSSR count). The van der Waals surface area contributed by atoms with E-state index in [9.17, 15) is 0 Å². The maximum absolute atomic E-state index is 3.34. The van der Waals surface area contributed by atoms with Crippen LogP contribution in [0.3, 0.4) is 0 Å². The molecule has 0 aliphatic heterocycles. The van der Waals surface area contributed by atoms with E-state index in [0.717, 1.165) is 6.42 Å². The van der Waals surface area contributed by atoms with Gasteiger partial charge in [0, 0.05) is 23.5 Å². The molecule has 1 heterocycles. The fraction of sp³-hybridized carbons (Fsp3) is 0.556. The number of fused-ring (bicyclic) bond motifs is 1. The highest BCUT2D eigenvalue weighted by Gasteiger charge is 2.05.